The number of hydrogen-bond acceptors (Lipinski definition) is 3. The van der Waals surface area contributed by atoms with Crippen LogP contribution in [0.3, 0.4) is 0 Å². The summed E-state index contributed by atoms with van der Waals surface area (Å²) in [5, 5.41) is 4.52. The molecule has 5 nitrogen and oxygen atoms in total. The van der Waals surface area contributed by atoms with Gasteiger partial charge in [0, 0.05) is 42.2 Å². The Morgan fingerprint density at radius 3 is 2.84 bits per heavy atom. The Morgan fingerprint density at radius 2 is 2.12 bits per heavy atom. The van der Waals surface area contributed by atoms with Crippen LogP contribution < -0.4 is 10.9 Å². The largest absolute Gasteiger partial charge is 0.383 e. The molecule has 2 aliphatic carbocycles. The van der Waals surface area contributed by atoms with Crippen molar-refractivity contribution in [2.24, 2.45) is 17.8 Å². The summed E-state index contributed by atoms with van der Waals surface area (Å²) in [4.78, 5) is 25.4. The lowest BCUT2D eigenvalue weighted by molar-refractivity contribution is -0.121. The zero-order valence-corrected chi connectivity index (χ0v) is 14.5. The Morgan fingerprint density at radius 1 is 1.24 bits per heavy atom. The number of aromatic nitrogens is 1. The summed E-state index contributed by atoms with van der Waals surface area (Å²) in [5.41, 5.74) is 0.687. The number of fused-ring (bicyclic) bond motifs is 3. The smallest absolute Gasteiger partial charge is 0.258 e. The van der Waals surface area contributed by atoms with Gasteiger partial charge < -0.3 is 14.6 Å². The van der Waals surface area contributed by atoms with E-state index in [0.29, 0.717) is 24.5 Å². The number of benzene rings is 1. The van der Waals surface area contributed by atoms with Gasteiger partial charge in [-0.05, 0) is 49.3 Å². The molecule has 1 aromatic carbocycles. The lowest BCUT2D eigenvalue weighted by atomic mass is 9.88. The minimum absolute atomic E-state index is 0.0504. The standard InChI is InChI=1S/C20H24N2O3/c1-25-10-9-22-8-7-15-16(20(22)24)3-2-4-18(15)21-19(23)17-12-13-5-6-14(17)11-13/h2-4,7-8,13-14,17H,5-6,9-12H2,1H3,(H,21,23)/t13-,14+,17-/m0/s1. The summed E-state index contributed by atoms with van der Waals surface area (Å²) in [7, 11) is 1.62. The molecule has 1 aromatic heterocycles. The topological polar surface area (TPSA) is 60.3 Å². The van der Waals surface area contributed by atoms with Crippen molar-refractivity contribution in [1.29, 1.82) is 0 Å². The molecule has 0 radical (unpaired) electrons. The van der Waals surface area contributed by atoms with Crippen LogP contribution in [-0.2, 0) is 16.1 Å². The third-order valence-corrected chi connectivity index (χ3v) is 5.89. The predicted molar refractivity (Wildman–Crippen MR) is 97.7 cm³/mol. The van der Waals surface area contributed by atoms with E-state index in [2.05, 4.69) is 5.32 Å². The highest BCUT2D eigenvalue weighted by atomic mass is 16.5. The van der Waals surface area contributed by atoms with Gasteiger partial charge in [0.05, 0.1) is 6.61 Å². The van der Waals surface area contributed by atoms with Crippen molar-refractivity contribution in [2.75, 3.05) is 19.0 Å². The maximum absolute atomic E-state index is 12.7. The monoisotopic (exact) mass is 340 g/mol. The van der Waals surface area contributed by atoms with Crippen molar-refractivity contribution in [3.63, 3.8) is 0 Å². The molecule has 1 heterocycles. The first kappa shape index (κ1) is 16.3. The zero-order chi connectivity index (χ0) is 17.4. The molecule has 2 aromatic rings. The van der Waals surface area contributed by atoms with Gasteiger partial charge >= 0.3 is 0 Å². The molecule has 0 unspecified atom stereocenters. The number of nitrogens with zero attached hydrogens (tertiary/aromatic N) is 1. The van der Waals surface area contributed by atoms with E-state index in [9.17, 15) is 9.59 Å². The fourth-order valence-corrected chi connectivity index (χ4v) is 4.58. The van der Waals surface area contributed by atoms with Gasteiger partial charge in [-0.15, -0.1) is 0 Å². The van der Waals surface area contributed by atoms with Gasteiger partial charge in [-0.2, -0.15) is 0 Å². The van der Waals surface area contributed by atoms with Gasteiger partial charge in [0.2, 0.25) is 5.91 Å². The van der Waals surface area contributed by atoms with Gasteiger partial charge in [-0.25, -0.2) is 0 Å². The summed E-state index contributed by atoms with van der Waals surface area (Å²) in [5.74, 6) is 1.53. The highest BCUT2D eigenvalue weighted by Gasteiger charge is 2.43. The molecule has 1 N–H and O–H groups in total. The van der Waals surface area contributed by atoms with Crippen LogP contribution in [0.25, 0.3) is 10.8 Å². The predicted octanol–water partition coefficient (Wildman–Crippen LogP) is 3.02. The molecule has 5 heteroatoms. The number of ether oxygens (including phenoxy) is 1. The Labute approximate surface area is 147 Å². The van der Waals surface area contributed by atoms with Crippen LogP contribution in [-0.4, -0.2) is 24.2 Å². The average molecular weight is 340 g/mol. The number of carbonyl (C=O) groups is 1. The van der Waals surface area contributed by atoms with Gasteiger partial charge in [0.25, 0.3) is 5.56 Å². The van der Waals surface area contributed by atoms with E-state index >= 15 is 0 Å². The number of hydrogen-bond donors (Lipinski definition) is 1. The molecule has 0 aliphatic heterocycles. The molecule has 2 aliphatic rings. The van der Waals surface area contributed by atoms with E-state index in [1.54, 1.807) is 17.9 Å². The molecule has 4 rings (SSSR count). The maximum Gasteiger partial charge on any atom is 0.258 e. The first-order chi connectivity index (χ1) is 12.2. The molecule has 2 bridgehead atoms. The number of nitrogens with one attached hydrogen (secondary N) is 1. The number of rotatable bonds is 5. The van der Waals surface area contributed by atoms with E-state index in [1.165, 1.54) is 19.3 Å². The normalized spacial score (nSPS) is 24.8. The van der Waals surface area contributed by atoms with E-state index in [4.69, 9.17) is 4.74 Å². The highest BCUT2D eigenvalue weighted by molar-refractivity contribution is 6.02. The molecule has 3 atom stereocenters. The summed E-state index contributed by atoms with van der Waals surface area (Å²) in [6, 6.07) is 7.43. The highest BCUT2D eigenvalue weighted by Crippen LogP contribution is 2.48. The lowest BCUT2D eigenvalue weighted by Crippen LogP contribution is -2.27. The van der Waals surface area contributed by atoms with Gasteiger partial charge in [0.1, 0.15) is 0 Å². The van der Waals surface area contributed by atoms with E-state index in [1.807, 2.05) is 24.3 Å². The Hall–Kier alpha value is -2.14. The van der Waals surface area contributed by atoms with Crippen molar-refractivity contribution in [2.45, 2.75) is 32.2 Å². The Balaban J connectivity index is 1.60. The quantitative estimate of drug-likeness (QED) is 0.910. The molecular formula is C20H24N2O3. The van der Waals surface area contributed by atoms with E-state index in [0.717, 1.165) is 23.4 Å². The van der Waals surface area contributed by atoms with Crippen LogP contribution >= 0.6 is 0 Å². The Bertz CT molecular complexity index is 858. The number of anilines is 1. The van der Waals surface area contributed by atoms with E-state index in [-0.39, 0.29) is 17.4 Å². The van der Waals surface area contributed by atoms with Crippen LogP contribution in [0, 0.1) is 17.8 Å². The number of methoxy groups -OCH3 is 1. The second kappa shape index (κ2) is 6.64. The second-order valence-corrected chi connectivity index (χ2v) is 7.34. The molecule has 2 saturated carbocycles. The van der Waals surface area contributed by atoms with Gasteiger partial charge in [-0.1, -0.05) is 12.5 Å². The molecule has 0 spiro atoms. The molecule has 132 valence electrons. The zero-order valence-electron chi connectivity index (χ0n) is 14.5. The maximum atomic E-state index is 12.7. The van der Waals surface area contributed by atoms with Gasteiger partial charge in [-0.3, -0.25) is 9.59 Å². The fourth-order valence-electron chi connectivity index (χ4n) is 4.58. The van der Waals surface area contributed by atoms with Crippen molar-refractivity contribution in [3.05, 3.63) is 40.8 Å². The molecule has 1 amide bonds. The number of carbonyl (C=O) groups excluding carboxylic acids is 1. The average Bonchev–Trinajstić information content (AvgIpc) is 3.25. The van der Waals surface area contributed by atoms with E-state index < -0.39 is 0 Å². The number of pyridine rings is 1. The lowest BCUT2D eigenvalue weighted by Gasteiger charge is -2.21. The Kier molecular flexibility index (Phi) is 4.34. The van der Waals surface area contributed by atoms with Crippen molar-refractivity contribution < 1.29 is 9.53 Å². The molecular weight excluding hydrogens is 316 g/mol. The summed E-state index contributed by atoms with van der Waals surface area (Å²) >= 11 is 0. The molecule has 25 heavy (non-hydrogen) atoms. The van der Waals surface area contributed by atoms with Crippen molar-refractivity contribution in [3.8, 4) is 0 Å². The fraction of sp³-hybridized carbons (Fsp3) is 0.500. The third kappa shape index (κ3) is 2.97. The van der Waals surface area contributed by atoms with Crippen LogP contribution in [0.1, 0.15) is 25.7 Å². The van der Waals surface area contributed by atoms with Crippen LogP contribution in [0.15, 0.2) is 35.3 Å². The van der Waals surface area contributed by atoms with Crippen molar-refractivity contribution in [1.82, 2.24) is 4.57 Å². The van der Waals surface area contributed by atoms with Crippen LogP contribution in [0.2, 0.25) is 0 Å². The second-order valence-electron chi connectivity index (χ2n) is 7.34. The SMILES string of the molecule is COCCn1ccc2c(NC(=O)[C@H]3C[C@H]4CC[C@@H]3C4)cccc2c1=O. The van der Waals surface area contributed by atoms with Crippen LogP contribution in [0.4, 0.5) is 5.69 Å². The van der Waals surface area contributed by atoms with Crippen LogP contribution in [0.5, 0.6) is 0 Å². The first-order valence-corrected chi connectivity index (χ1v) is 9.09. The van der Waals surface area contributed by atoms with Gasteiger partial charge in [0.15, 0.2) is 0 Å². The summed E-state index contributed by atoms with van der Waals surface area (Å²) in [6.07, 6.45) is 6.46. The molecule has 2 fully saturated rings. The first-order valence-electron chi connectivity index (χ1n) is 9.09. The molecule has 0 saturated heterocycles. The number of amides is 1. The third-order valence-electron chi connectivity index (χ3n) is 5.89. The minimum Gasteiger partial charge on any atom is -0.383 e. The summed E-state index contributed by atoms with van der Waals surface area (Å²) in [6.45, 7) is 1.01. The van der Waals surface area contributed by atoms with Crippen molar-refractivity contribution >= 4 is 22.4 Å². The summed E-state index contributed by atoms with van der Waals surface area (Å²) < 4.78 is 6.70. The minimum atomic E-state index is -0.0504.